The fourth-order valence-corrected chi connectivity index (χ4v) is 5.52. The lowest BCUT2D eigenvalue weighted by Gasteiger charge is -2.26. The van der Waals surface area contributed by atoms with Gasteiger partial charge >= 0.3 is 0 Å². The van der Waals surface area contributed by atoms with Crippen molar-refractivity contribution in [3.05, 3.63) is 88.7 Å². The van der Waals surface area contributed by atoms with Crippen molar-refractivity contribution in [3.63, 3.8) is 0 Å². The molecule has 1 N–H and O–H groups in total. The van der Waals surface area contributed by atoms with E-state index in [0.29, 0.717) is 22.8 Å². The normalized spacial score (nSPS) is 11.2. The number of sulfonamides is 1. The van der Waals surface area contributed by atoms with Crippen LogP contribution < -0.4 is 28.7 Å². The number of non-ortho nitro benzene ring substituents is 1. The van der Waals surface area contributed by atoms with Gasteiger partial charge in [0, 0.05) is 29.8 Å². The van der Waals surface area contributed by atoms with Crippen LogP contribution in [0.25, 0.3) is 11.3 Å². The molecule has 1 aromatic heterocycles. The van der Waals surface area contributed by atoms with Gasteiger partial charge in [-0.25, -0.2) is 13.8 Å². The Morgan fingerprint density at radius 1 is 0.932 bits per heavy atom. The number of ether oxygens (including phenoxy) is 4. The third kappa shape index (κ3) is 6.90. The molecular weight excluding hydrogens is 596 g/mol. The average molecular weight is 625 g/mol. The lowest BCUT2D eigenvalue weighted by molar-refractivity contribution is -0.384. The highest BCUT2D eigenvalue weighted by atomic mass is 32.2. The summed E-state index contributed by atoms with van der Waals surface area (Å²) >= 11 is 0. The van der Waals surface area contributed by atoms with Gasteiger partial charge in [0.15, 0.2) is 11.5 Å². The molecule has 0 saturated heterocycles. The number of nitro groups is 1. The Hall–Kier alpha value is -5.57. The molecule has 0 unspecified atom stereocenters. The lowest BCUT2D eigenvalue weighted by atomic mass is 10.1. The van der Waals surface area contributed by atoms with Crippen molar-refractivity contribution in [3.8, 4) is 34.3 Å². The van der Waals surface area contributed by atoms with E-state index in [1.807, 2.05) is 0 Å². The molecule has 0 aliphatic carbocycles. The van der Waals surface area contributed by atoms with E-state index < -0.39 is 27.4 Å². The van der Waals surface area contributed by atoms with Crippen LogP contribution in [-0.4, -0.2) is 60.4 Å². The number of nitrogens with zero attached hydrogens (tertiary/aromatic N) is 3. The highest BCUT2D eigenvalue weighted by Crippen LogP contribution is 2.37. The number of furan rings is 1. The number of amides is 1. The molecule has 1 heterocycles. The van der Waals surface area contributed by atoms with Crippen molar-refractivity contribution in [1.82, 2.24) is 5.43 Å². The van der Waals surface area contributed by atoms with Crippen LogP contribution in [0.15, 0.2) is 87.2 Å². The van der Waals surface area contributed by atoms with Crippen molar-refractivity contribution in [1.29, 1.82) is 0 Å². The first-order valence-electron chi connectivity index (χ1n) is 12.7. The summed E-state index contributed by atoms with van der Waals surface area (Å²) in [5.74, 6) is 0.758. The van der Waals surface area contributed by atoms with Gasteiger partial charge in [0.2, 0.25) is 0 Å². The maximum absolute atomic E-state index is 14.0. The summed E-state index contributed by atoms with van der Waals surface area (Å²) in [5, 5.41) is 15.0. The van der Waals surface area contributed by atoms with Crippen molar-refractivity contribution in [2.45, 2.75) is 4.90 Å². The molecular formula is C29H28N4O10S. The highest BCUT2D eigenvalue weighted by Gasteiger charge is 2.31. The van der Waals surface area contributed by atoms with E-state index in [1.165, 1.54) is 83.2 Å². The molecule has 0 aliphatic heterocycles. The van der Waals surface area contributed by atoms with Crippen molar-refractivity contribution < 1.29 is 41.5 Å². The second-order valence-electron chi connectivity index (χ2n) is 8.87. The number of nitro benzene ring substituents is 1. The van der Waals surface area contributed by atoms with E-state index in [4.69, 9.17) is 23.4 Å². The van der Waals surface area contributed by atoms with Gasteiger partial charge in [-0.2, -0.15) is 5.10 Å². The molecule has 0 saturated carbocycles. The van der Waals surface area contributed by atoms with E-state index in [0.717, 1.165) is 4.31 Å². The molecule has 4 aromatic rings. The second kappa shape index (κ2) is 13.6. The minimum atomic E-state index is -4.40. The van der Waals surface area contributed by atoms with E-state index in [9.17, 15) is 23.3 Å². The van der Waals surface area contributed by atoms with Crippen LogP contribution in [0.4, 0.5) is 11.4 Å². The summed E-state index contributed by atoms with van der Waals surface area (Å²) in [7, 11) is 1.17. The fourth-order valence-electron chi connectivity index (χ4n) is 4.08. The predicted octanol–water partition coefficient (Wildman–Crippen LogP) is 4.23. The zero-order valence-corrected chi connectivity index (χ0v) is 24.9. The maximum atomic E-state index is 14.0. The number of benzene rings is 3. The fraction of sp³-hybridized carbons (Fsp3) is 0.172. The number of carbonyl (C=O) groups excluding carboxylic acids is 1. The minimum Gasteiger partial charge on any atom is -0.497 e. The summed E-state index contributed by atoms with van der Waals surface area (Å²) < 4.78 is 55.6. The number of carbonyl (C=O) groups is 1. The summed E-state index contributed by atoms with van der Waals surface area (Å²) in [5.41, 5.74) is 2.71. The molecule has 1 amide bonds. The van der Waals surface area contributed by atoms with Crippen LogP contribution in [0.2, 0.25) is 0 Å². The topological polar surface area (TPSA) is 172 Å². The third-order valence-corrected chi connectivity index (χ3v) is 7.99. The van der Waals surface area contributed by atoms with Crippen LogP contribution in [0.1, 0.15) is 5.76 Å². The number of hydrogen-bond acceptors (Lipinski definition) is 11. The van der Waals surface area contributed by atoms with Gasteiger partial charge in [-0.1, -0.05) is 12.1 Å². The van der Waals surface area contributed by atoms with Gasteiger partial charge < -0.3 is 23.4 Å². The van der Waals surface area contributed by atoms with Gasteiger partial charge in [0.05, 0.1) is 50.2 Å². The molecule has 0 fully saturated rings. The molecule has 230 valence electrons. The Morgan fingerprint density at radius 3 is 2.34 bits per heavy atom. The van der Waals surface area contributed by atoms with Gasteiger partial charge in [0.1, 0.15) is 29.6 Å². The molecule has 0 atom stereocenters. The molecule has 0 spiro atoms. The number of anilines is 1. The van der Waals surface area contributed by atoms with Gasteiger partial charge in [-0.3, -0.25) is 19.2 Å². The van der Waals surface area contributed by atoms with Crippen LogP contribution in [0, 0.1) is 10.1 Å². The van der Waals surface area contributed by atoms with Gasteiger partial charge in [-0.05, 0) is 36.4 Å². The average Bonchev–Trinajstić information content (AvgIpc) is 3.51. The molecule has 14 nitrogen and oxygen atoms in total. The standard InChI is InChI=1S/C29H28N4O10S/c1-39-21-8-12-26(40-2)24(15-21)32(44(37,38)23-10-13-27(41-3)28(16-23)42-4)18-29(34)31-30-17-22-9-11-25(43-22)19-6-5-7-20(14-19)33(35)36/h5-17H,18H2,1-4H3,(H,31,34)/b30-17-. The van der Waals surface area contributed by atoms with E-state index in [-0.39, 0.29) is 33.5 Å². The molecule has 3 aromatic carbocycles. The van der Waals surface area contributed by atoms with E-state index >= 15 is 0 Å². The Labute approximate surface area is 252 Å². The Kier molecular flexibility index (Phi) is 9.70. The first kappa shape index (κ1) is 31.4. The maximum Gasteiger partial charge on any atom is 0.270 e. The molecule has 4 rings (SSSR count). The van der Waals surface area contributed by atoms with Crippen molar-refractivity contribution in [2.24, 2.45) is 5.10 Å². The van der Waals surface area contributed by atoms with Crippen molar-refractivity contribution >= 4 is 33.5 Å². The number of hydrogen-bond donors (Lipinski definition) is 1. The third-order valence-electron chi connectivity index (χ3n) is 6.23. The van der Waals surface area contributed by atoms with E-state index in [1.54, 1.807) is 24.3 Å². The smallest absolute Gasteiger partial charge is 0.270 e. The number of rotatable bonds is 13. The largest absolute Gasteiger partial charge is 0.497 e. The summed E-state index contributed by atoms with van der Waals surface area (Å²) in [6.07, 6.45) is 1.21. The minimum absolute atomic E-state index is 0.0356. The Morgan fingerprint density at radius 2 is 1.66 bits per heavy atom. The highest BCUT2D eigenvalue weighted by molar-refractivity contribution is 7.92. The van der Waals surface area contributed by atoms with Gasteiger partial charge in [0.25, 0.3) is 21.6 Å². The SMILES string of the molecule is COc1ccc(OC)c(N(CC(=O)N/N=C\c2ccc(-c3cccc([N+](=O)[O-])c3)o2)S(=O)(=O)c2ccc(OC)c(OC)c2)c1. The molecule has 15 heteroatoms. The zero-order valence-electron chi connectivity index (χ0n) is 24.0. The molecule has 44 heavy (non-hydrogen) atoms. The van der Waals surface area contributed by atoms with Crippen LogP contribution >= 0.6 is 0 Å². The Balaban J connectivity index is 1.61. The van der Waals surface area contributed by atoms with Crippen molar-refractivity contribution in [2.75, 3.05) is 39.3 Å². The second-order valence-corrected chi connectivity index (χ2v) is 10.7. The van der Waals surface area contributed by atoms with Gasteiger partial charge in [-0.15, -0.1) is 0 Å². The lowest BCUT2D eigenvalue weighted by Crippen LogP contribution is -2.39. The Bertz CT molecular complexity index is 1800. The van der Waals surface area contributed by atoms with Crippen LogP contribution in [0.3, 0.4) is 0 Å². The number of methoxy groups -OCH3 is 4. The summed E-state index contributed by atoms with van der Waals surface area (Å²) in [6.45, 7) is -0.700. The van der Waals surface area contributed by atoms with Crippen LogP contribution in [0.5, 0.6) is 23.0 Å². The first-order valence-corrected chi connectivity index (χ1v) is 14.2. The molecule has 0 bridgehead atoms. The quantitative estimate of drug-likeness (QED) is 0.129. The zero-order chi connectivity index (χ0) is 31.9. The number of nitrogens with one attached hydrogen (secondary N) is 1. The summed E-state index contributed by atoms with van der Waals surface area (Å²) in [6, 6.07) is 17.6. The van der Waals surface area contributed by atoms with Crippen LogP contribution in [-0.2, 0) is 14.8 Å². The molecule has 0 radical (unpaired) electrons. The predicted molar refractivity (Wildman–Crippen MR) is 160 cm³/mol. The first-order chi connectivity index (χ1) is 21.1. The number of hydrazone groups is 1. The monoisotopic (exact) mass is 624 g/mol. The summed E-state index contributed by atoms with van der Waals surface area (Å²) in [4.78, 5) is 23.4. The van der Waals surface area contributed by atoms with E-state index in [2.05, 4.69) is 10.5 Å². The molecule has 0 aliphatic rings.